The average Bonchev–Trinajstić information content (AvgIpc) is 3.15. The van der Waals surface area contributed by atoms with Gasteiger partial charge in [-0.15, -0.1) is 20.2 Å². The number of carboxylic acids is 1. The first kappa shape index (κ1) is 27.0. The number of aryl methyl sites for hydroxylation is 1. The lowest BCUT2D eigenvalue weighted by molar-refractivity contribution is -0.790. The van der Waals surface area contributed by atoms with Gasteiger partial charge in [-0.3, -0.25) is 14.4 Å². The monoisotopic (exact) mass is 448 g/mol. The number of carbonyl (C=O) groups excluding carboxylic acids is 2. The summed E-state index contributed by atoms with van der Waals surface area (Å²) in [6.45, 7) is 0.798. The summed E-state index contributed by atoms with van der Waals surface area (Å²) < 4.78 is 0. The van der Waals surface area contributed by atoms with Crippen LogP contribution in [0.3, 0.4) is 0 Å². The van der Waals surface area contributed by atoms with Crippen molar-refractivity contribution in [3.8, 4) is 0 Å². The van der Waals surface area contributed by atoms with Crippen molar-refractivity contribution in [2.75, 3.05) is 19.7 Å². The Balaban J connectivity index is 0.00000127. The van der Waals surface area contributed by atoms with Crippen molar-refractivity contribution in [1.82, 2.24) is 20.6 Å². The van der Waals surface area contributed by atoms with Gasteiger partial charge in [0.25, 0.3) is 10.2 Å². The maximum absolute atomic E-state index is 11.5. The van der Waals surface area contributed by atoms with Crippen LogP contribution in [0.4, 0.5) is 0 Å². The number of nitrogens with zero attached hydrogens (tertiary/aromatic N) is 3. The zero-order valence-corrected chi connectivity index (χ0v) is 16.6. The van der Waals surface area contributed by atoms with Gasteiger partial charge >= 0.3 is 5.97 Å². The van der Waals surface area contributed by atoms with Gasteiger partial charge in [0.1, 0.15) is 19.3 Å². The Hall–Kier alpha value is -3.98. The Morgan fingerprint density at radius 1 is 1.19 bits per heavy atom. The Labute approximate surface area is 175 Å². The largest absolute Gasteiger partial charge is 0.480 e. The van der Waals surface area contributed by atoms with Crippen molar-refractivity contribution in [3.63, 3.8) is 0 Å². The van der Waals surface area contributed by atoms with E-state index in [0.29, 0.717) is 0 Å². The van der Waals surface area contributed by atoms with Crippen LogP contribution in [-0.2, 0) is 24.1 Å². The molecule has 4 N–H and O–H groups in total. The predicted molar refractivity (Wildman–Crippen MR) is 100 cm³/mol. The number of aliphatic carboxylic acids is 1. The summed E-state index contributed by atoms with van der Waals surface area (Å²) >= 11 is 0. The number of hydrogen-bond acceptors (Lipinski definition) is 10. The zero-order valence-electron chi connectivity index (χ0n) is 16.6. The Bertz CT molecular complexity index is 711. The van der Waals surface area contributed by atoms with Gasteiger partial charge in [-0.1, -0.05) is 0 Å². The molecule has 0 aliphatic heterocycles. The summed E-state index contributed by atoms with van der Waals surface area (Å²) in [5.41, 5.74) is 1.11. The minimum absolute atomic E-state index is 0.0104. The van der Waals surface area contributed by atoms with E-state index in [1.54, 1.807) is 12.5 Å². The summed E-state index contributed by atoms with van der Waals surface area (Å²) in [6.07, 6.45) is 2.21. The molecule has 2 amide bonds. The molecule has 31 heavy (non-hydrogen) atoms. The number of H-pyrrole nitrogens is 1. The van der Waals surface area contributed by atoms with Gasteiger partial charge in [0, 0.05) is 31.3 Å². The molecular weight excluding hydrogens is 424 g/mol. The third-order valence-corrected chi connectivity index (χ3v) is 3.28. The maximum Gasteiger partial charge on any atom is 0.322 e. The van der Waals surface area contributed by atoms with Crippen molar-refractivity contribution in [2.24, 2.45) is 0 Å². The lowest BCUT2D eigenvalue weighted by Gasteiger charge is -2.13. The number of nitrogens with one attached hydrogen (secondary N) is 3. The molecule has 0 spiro atoms. The summed E-state index contributed by atoms with van der Waals surface area (Å²) in [5.74, 6) is -2.18. The highest BCUT2D eigenvalue weighted by Crippen LogP contribution is 2.06. The summed E-state index contributed by atoms with van der Waals surface area (Å²) in [7, 11) is 0. The molecule has 0 aromatic carbocycles. The number of aromatic amines is 1. The third-order valence-electron chi connectivity index (χ3n) is 3.28. The van der Waals surface area contributed by atoms with Crippen molar-refractivity contribution >= 4 is 17.8 Å². The molecule has 1 unspecified atom stereocenters. The molecule has 174 valence electrons. The number of hydrogen-bond donors (Lipinski definition) is 4. The number of amides is 2. The van der Waals surface area contributed by atoms with Gasteiger partial charge in [-0.05, 0) is 19.8 Å². The lowest BCUT2D eigenvalue weighted by Crippen LogP contribution is -2.33. The Morgan fingerprint density at radius 2 is 1.87 bits per heavy atom. The molecule has 0 saturated carbocycles. The van der Waals surface area contributed by atoms with Crippen molar-refractivity contribution in [1.29, 1.82) is 0 Å². The van der Waals surface area contributed by atoms with Gasteiger partial charge < -0.3 is 30.4 Å². The van der Waals surface area contributed by atoms with Crippen molar-refractivity contribution in [2.45, 2.75) is 38.7 Å². The van der Waals surface area contributed by atoms with Crippen LogP contribution in [-0.4, -0.2) is 68.8 Å². The van der Waals surface area contributed by atoms with Crippen LogP contribution in [0.15, 0.2) is 12.5 Å². The third kappa shape index (κ3) is 17.8. The SMILES string of the molecule is Cc1cnc[nH]1.O=C(O)CNC(=O)CCNC(=O)CCCC(CO[N+](=O)[O-])O[N+](=O)[O-]. The van der Waals surface area contributed by atoms with E-state index in [4.69, 9.17) is 5.11 Å². The van der Waals surface area contributed by atoms with Crippen LogP contribution in [0.25, 0.3) is 0 Å². The van der Waals surface area contributed by atoms with Crippen LogP contribution in [0.1, 0.15) is 31.4 Å². The summed E-state index contributed by atoms with van der Waals surface area (Å²) in [4.78, 5) is 68.1. The molecule has 0 bridgehead atoms. The fourth-order valence-corrected chi connectivity index (χ4v) is 1.91. The summed E-state index contributed by atoms with van der Waals surface area (Å²) in [6, 6.07) is 0. The standard InChI is InChI=1S/C11H18N4O10.C4H6N2/c16-9(12-5-4-10(17)13-6-11(18)19)3-1-2-8(25-15(22)23)7-24-14(20)21;1-4-2-5-3-6-4/h8H,1-7H2,(H,12,16)(H,13,17)(H,18,19);2-3H,1H3,(H,5,6). The maximum atomic E-state index is 11.5. The second-order valence-electron chi connectivity index (χ2n) is 5.87. The van der Waals surface area contributed by atoms with E-state index in [9.17, 15) is 34.6 Å². The molecule has 0 aliphatic rings. The van der Waals surface area contributed by atoms with E-state index >= 15 is 0 Å². The fourth-order valence-electron chi connectivity index (χ4n) is 1.91. The first-order chi connectivity index (χ1) is 14.6. The second-order valence-corrected chi connectivity index (χ2v) is 5.87. The van der Waals surface area contributed by atoms with E-state index in [1.807, 2.05) is 6.92 Å². The molecule has 0 saturated heterocycles. The van der Waals surface area contributed by atoms with Crippen LogP contribution < -0.4 is 10.6 Å². The van der Waals surface area contributed by atoms with Crippen molar-refractivity contribution < 1.29 is 39.3 Å². The van der Waals surface area contributed by atoms with Crippen LogP contribution in [0.2, 0.25) is 0 Å². The minimum atomic E-state index is -1.19. The Kier molecular flexibility index (Phi) is 13.8. The molecule has 16 nitrogen and oxygen atoms in total. The van der Waals surface area contributed by atoms with Gasteiger partial charge in [-0.2, -0.15) is 0 Å². The highest BCUT2D eigenvalue weighted by molar-refractivity contribution is 5.82. The predicted octanol–water partition coefficient (Wildman–Crippen LogP) is -0.633. The number of imidazole rings is 1. The number of aromatic nitrogens is 2. The molecule has 1 rings (SSSR count). The zero-order chi connectivity index (χ0) is 23.6. The molecular formula is C15H24N6O10. The highest BCUT2D eigenvalue weighted by atomic mass is 17.0. The lowest BCUT2D eigenvalue weighted by atomic mass is 10.1. The van der Waals surface area contributed by atoms with E-state index in [0.717, 1.165) is 5.69 Å². The molecule has 1 aromatic rings. The molecule has 1 aromatic heterocycles. The topological polar surface area (TPSA) is 229 Å². The number of rotatable bonds is 14. The molecule has 1 atom stereocenters. The quantitative estimate of drug-likeness (QED) is 0.207. The highest BCUT2D eigenvalue weighted by Gasteiger charge is 2.16. The van der Waals surface area contributed by atoms with E-state index < -0.39 is 47.2 Å². The van der Waals surface area contributed by atoms with Gasteiger partial charge in [0.2, 0.25) is 11.8 Å². The number of carboxylic acid groups (broad SMARTS) is 1. The molecule has 0 aliphatic carbocycles. The smallest absolute Gasteiger partial charge is 0.322 e. The van der Waals surface area contributed by atoms with E-state index in [2.05, 4.69) is 30.3 Å². The summed E-state index contributed by atoms with van der Waals surface area (Å²) in [5, 5.41) is 31.0. The van der Waals surface area contributed by atoms with Crippen LogP contribution in [0, 0.1) is 27.2 Å². The normalized spacial score (nSPS) is 10.6. The minimum Gasteiger partial charge on any atom is -0.480 e. The van der Waals surface area contributed by atoms with Crippen LogP contribution in [0.5, 0.6) is 0 Å². The fraction of sp³-hybridized carbons (Fsp3) is 0.600. The average molecular weight is 448 g/mol. The second kappa shape index (κ2) is 15.9. The van der Waals surface area contributed by atoms with Gasteiger partial charge in [-0.25, -0.2) is 4.98 Å². The molecule has 1 heterocycles. The first-order valence-electron chi connectivity index (χ1n) is 8.88. The van der Waals surface area contributed by atoms with E-state index in [1.165, 1.54) is 0 Å². The van der Waals surface area contributed by atoms with Crippen LogP contribution >= 0.6 is 0 Å². The first-order valence-corrected chi connectivity index (χ1v) is 8.88. The van der Waals surface area contributed by atoms with Gasteiger partial charge in [0.15, 0.2) is 0 Å². The van der Waals surface area contributed by atoms with Crippen molar-refractivity contribution in [3.05, 3.63) is 38.4 Å². The molecule has 0 fully saturated rings. The van der Waals surface area contributed by atoms with E-state index in [-0.39, 0.29) is 32.2 Å². The number of carbonyl (C=O) groups is 3. The molecule has 0 radical (unpaired) electrons. The molecule has 16 heteroatoms. The van der Waals surface area contributed by atoms with Gasteiger partial charge in [0.05, 0.1) is 6.33 Å². The Morgan fingerprint density at radius 3 is 2.35 bits per heavy atom.